The molecule has 0 aliphatic rings. The topological polar surface area (TPSA) is 48.7 Å². The van der Waals surface area contributed by atoms with Crippen molar-refractivity contribution in [2.75, 3.05) is 20.1 Å². The van der Waals surface area contributed by atoms with Crippen LogP contribution in [-0.4, -0.2) is 34.7 Å². The number of ether oxygens (including phenoxy) is 2. The van der Waals surface area contributed by atoms with E-state index in [-0.39, 0.29) is 0 Å². The Morgan fingerprint density at radius 1 is 1.17 bits per heavy atom. The van der Waals surface area contributed by atoms with Crippen molar-refractivity contribution in [1.82, 2.24) is 14.6 Å². The summed E-state index contributed by atoms with van der Waals surface area (Å²) < 4.78 is 12.3. The van der Waals surface area contributed by atoms with Crippen LogP contribution in [0.4, 0.5) is 0 Å². The third-order valence-corrected chi connectivity index (χ3v) is 4.51. The van der Waals surface area contributed by atoms with Crippen LogP contribution < -0.4 is 9.47 Å². The van der Waals surface area contributed by atoms with E-state index in [1.165, 1.54) is 0 Å². The van der Waals surface area contributed by atoms with E-state index in [9.17, 15) is 0 Å². The van der Waals surface area contributed by atoms with Gasteiger partial charge in [-0.05, 0) is 31.0 Å². The van der Waals surface area contributed by atoms with Gasteiger partial charge in [0.25, 0.3) is 0 Å². The van der Waals surface area contributed by atoms with E-state index >= 15 is 0 Å². The molecule has 0 radical (unpaired) electrons. The molecule has 0 bridgehead atoms. The molecule has 0 atom stereocenters. The maximum Gasteiger partial charge on any atom is 0.164 e. The second kappa shape index (κ2) is 6.87. The maximum atomic E-state index is 6.49. The Balaban J connectivity index is 2.18. The van der Waals surface area contributed by atoms with Crippen molar-refractivity contribution < 1.29 is 9.47 Å². The van der Waals surface area contributed by atoms with Crippen molar-refractivity contribution >= 4 is 28.8 Å². The summed E-state index contributed by atoms with van der Waals surface area (Å²) in [6.07, 6.45) is 2.40. The summed E-state index contributed by atoms with van der Waals surface area (Å²) in [6.45, 7) is 1.93. The molecule has 0 N–H and O–H groups in total. The summed E-state index contributed by atoms with van der Waals surface area (Å²) in [5, 5.41) is 4.93. The van der Waals surface area contributed by atoms with Crippen LogP contribution in [0.15, 0.2) is 24.4 Å². The number of alkyl halides is 1. The van der Waals surface area contributed by atoms with E-state index in [0.717, 1.165) is 22.4 Å². The average Bonchev–Trinajstić information content (AvgIpc) is 3.01. The number of aryl methyl sites for hydroxylation is 1. The van der Waals surface area contributed by atoms with E-state index in [2.05, 4.69) is 10.1 Å². The molecule has 24 heavy (non-hydrogen) atoms. The highest BCUT2D eigenvalue weighted by molar-refractivity contribution is 6.30. The summed E-state index contributed by atoms with van der Waals surface area (Å²) >= 11 is 12.3. The van der Waals surface area contributed by atoms with E-state index in [4.69, 9.17) is 32.7 Å². The lowest BCUT2D eigenvalue weighted by Crippen LogP contribution is -2.03. The van der Waals surface area contributed by atoms with Crippen LogP contribution in [0.5, 0.6) is 11.5 Å². The summed E-state index contributed by atoms with van der Waals surface area (Å²) in [5.74, 6) is 1.80. The molecule has 3 rings (SSSR count). The number of rotatable bonds is 5. The molecule has 3 aromatic rings. The van der Waals surface area contributed by atoms with Crippen LogP contribution in [0.25, 0.3) is 16.8 Å². The first-order valence-corrected chi connectivity index (χ1v) is 8.33. The molecular formula is C17H17Cl2N3O2. The van der Waals surface area contributed by atoms with Gasteiger partial charge in [-0.1, -0.05) is 17.7 Å². The third kappa shape index (κ3) is 2.78. The van der Waals surface area contributed by atoms with Gasteiger partial charge in [-0.15, -0.1) is 11.6 Å². The maximum absolute atomic E-state index is 6.49. The zero-order valence-corrected chi connectivity index (χ0v) is 15.1. The molecule has 5 nitrogen and oxygen atoms in total. The highest BCUT2D eigenvalue weighted by Gasteiger charge is 2.17. The number of nitrogens with zero attached hydrogens (tertiary/aromatic N) is 3. The molecule has 0 saturated heterocycles. The summed E-state index contributed by atoms with van der Waals surface area (Å²) in [6, 6.07) is 5.69. The van der Waals surface area contributed by atoms with Gasteiger partial charge in [-0.2, -0.15) is 5.10 Å². The van der Waals surface area contributed by atoms with Gasteiger partial charge >= 0.3 is 0 Å². The molecule has 0 amide bonds. The van der Waals surface area contributed by atoms with E-state index < -0.39 is 0 Å². The lowest BCUT2D eigenvalue weighted by molar-refractivity contribution is 0.355. The Kier molecular flexibility index (Phi) is 4.83. The Morgan fingerprint density at radius 3 is 2.58 bits per heavy atom. The molecule has 0 fully saturated rings. The molecular weight excluding hydrogens is 349 g/mol. The highest BCUT2D eigenvalue weighted by atomic mass is 35.5. The van der Waals surface area contributed by atoms with Gasteiger partial charge in [0.15, 0.2) is 17.1 Å². The van der Waals surface area contributed by atoms with Gasteiger partial charge in [0, 0.05) is 22.7 Å². The molecule has 126 valence electrons. The molecule has 0 saturated carbocycles. The van der Waals surface area contributed by atoms with E-state index in [1.807, 2.05) is 25.1 Å². The lowest BCUT2D eigenvalue weighted by atomic mass is 10.1. The monoisotopic (exact) mass is 365 g/mol. The van der Waals surface area contributed by atoms with Crippen molar-refractivity contribution in [2.24, 2.45) is 0 Å². The predicted molar refractivity (Wildman–Crippen MR) is 95.7 cm³/mol. The highest BCUT2D eigenvalue weighted by Crippen LogP contribution is 2.34. The minimum atomic E-state index is 0.484. The van der Waals surface area contributed by atoms with Crippen molar-refractivity contribution in [3.8, 4) is 22.6 Å². The van der Waals surface area contributed by atoms with Gasteiger partial charge in [0.05, 0.1) is 20.4 Å². The normalized spacial score (nSPS) is 11.0. The van der Waals surface area contributed by atoms with Crippen LogP contribution in [0.1, 0.15) is 11.3 Å². The summed E-state index contributed by atoms with van der Waals surface area (Å²) in [5.41, 5.74) is 4.27. The van der Waals surface area contributed by atoms with Gasteiger partial charge < -0.3 is 9.47 Å². The van der Waals surface area contributed by atoms with Crippen LogP contribution in [0.3, 0.4) is 0 Å². The van der Waals surface area contributed by atoms with E-state index in [1.54, 1.807) is 24.9 Å². The number of hydrogen-bond acceptors (Lipinski definition) is 4. The second-order valence-corrected chi connectivity index (χ2v) is 6.00. The second-order valence-electron chi connectivity index (χ2n) is 5.27. The largest absolute Gasteiger partial charge is 0.493 e. The Labute approximate surface area is 150 Å². The molecule has 0 unspecified atom stereocenters. The van der Waals surface area contributed by atoms with Crippen LogP contribution in [0.2, 0.25) is 5.15 Å². The van der Waals surface area contributed by atoms with E-state index in [0.29, 0.717) is 34.6 Å². The Bertz CT molecular complexity index is 893. The molecule has 0 aliphatic carbocycles. The Morgan fingerprint density at radius 2 is 1.92 bits per heavy atom. The molecule has 2 heterocycles. The molecule has 2 aromatic heterocycles. The quantitative estimate of drug-likeness (QED) is 0.503. The van der Waals surface area contributed by atoms with Crippen molar-refractivity contribution in [1.29, 1.82) is 0 Å². The Hall–Kier alpha value is -1.98. The fourth-order valence-corrected chi connectivity index (χ4v) is 3.23. The predicted octanol–water partition coefficient (Wildman–Crippen LogP) is 4.16. The number of fused-ring (bicyclic) bond motifs is 1. The molecule has 7 heteroatoms. The van der Waals surface area contributed by atoms with Crippen LogP contribution in [-0.2, 0) is 6.42 Å². The fourth-order valence-electron chi connectivity index (χ4n) is 2.68. The first-order chi connectivity index (χ1) is 11.6. The van der Waals surface area contributed by atoms with Crippen LogP contribution in [0, 0.1) is 6.92 Å². The smallest absolute Gasteiger partial charge is 0.164 e. The number of hydrogen-bond donors (Lipinski definition) is 0. The lowest BCUT2D eigenvalue weighted by Gasteiger charge is -2.10. The van der Waals surface area contributed by atoms with Crippen LogP contribution >= 0.6 is 23.2 Å². The van der Waals surface area contributed by atoms with Crippen molar-refractivity contribution in [3.05, 3.63) is 40.8 Å². The summed E-state index contributed by atoms with van der Waals surface area (Å²) in [7, 11) is 3.21. The standard InChI is InChI=1S/C17H17Cl2N3O2/c1-10-12(6-7-18)16(19)22-17(21-10)13(9-20-22)11-4-5-14(23-2)15(8-11)24-3/h4-5,8-9H,6-7H2,1-3H3. The van der Waals surface area contributed by atoms with Gasteiger partial charge in [0.1, 0.15) is 5.15 Å². The van der Waals surface area contributed by atoms with Crippen molar-refractivity contribution in [2.45, 2.75) is 13.3 Å². The first kappa shape index (κ1) is 16.9. The third-order valence-electron chi connectivity index (χ3n) is 3.93. The number of benzene rings is 1. The number of aromatic nitrogens is 3. The number of methoxy groups -OCH3 is 2. The minimum Gasteiger partial charge on any atom is -0.493 e. The molecule has 1 aromatic carbocycles. The minimum absolute atomic E-state index is 0.484. The number of halogens is 2. The fraction of sp³-hybridized carbons (Fsp3) is 0.294. The van der Waals surface area contributed by atoms with Gasteiger partial charge in [-0.25, -0.2) is 9.50 Å². The van der Waals surface area contributed by atoms with Crippen molar-refractivity contribution in [3.63, 3.8) is 0 Å². The molecule has 0 spiro atoms. The van der Waals surface area contributed by atoms with Gasteiger partial charge in [0.2, 0.25) is 0 Å². The summed E-state index contributed by atoms with van der Waals surface area (Å²) in [4.78, 5) is 4.67. The van der Waals surface area contributed by atoms with Gasteiger partial charge in [-0.3, -0.25) is 0 Å². The first-order valence-electron chi connectivity index (χ1n) is 7.41. The SMILES string of the molecule is COc1ccc(-c2cnn3c(Cl)c(CCCl)c(C)nc23)cc1OC. The average molecular weight is 366 g/mol. The zero-order valence-electron chi connectivity index (χ0n) is 13.6. The molecule has 0 aliphatic heterocycles. The zero-order chi connectivity index (χ0) is 17.3.